The summed E-state index contributed by atoms with van der Waals surface area (Å²) in [6.45, 7) is 6.90. The summed E-state index contributed by atoms with van der Waals surface area (Å²) in [4.78, 5) is 25.0. The van der Waals surface area contributed by atoms with Crippen LogP contribution in [0.1, 0.15) is 52.9 Å². The van der Waals surface area contributed by atoms with Crippen LogP contribution in [0.2, 0.25) is 0 Å². The van der Waals surface area contributed by atoms with Crippen molar-refractivity contribution < 1.29 is 19.4 Å². The molecule has 114 valence electrons. The fourth-order valence-corrected chi connectivity index (χ4v) is 3.45. The molecule has 0 radical (unpaired) electrons. The molecule has 0 unspecified atom stereocenters. The molecule has 1 N–H and O–H groups in total. The molecule has 2 atom stereocenters. The normalized spacial score (nSPS) is 30.6. The zero-order chi connectivity index (χ0) is 15.0. The molecule has 1 heterocycles. The number of nitrogens with zero attached hydrogens (tertiary/aromatic N) is 1. The summed E-state index contributed by atoms with van der Waals surface area (Å²) in [6.07, 6.45) is 4.06. The third-order valence-corrected chi connectivity index (χ3v) is 4.38. The van der Waals surface area contributed by atoms with Gasteiger partial charge in [-0.15, -0.1) is 0 Å². The van der Waals surface area contributed by atoms with Crippen LogP contribution in [-0.2, 0) is 9.53 Å². The van der Waals surface area contributed by atoms with Crippen LogP contribution in [0.15, 0.2) is 0 Å². The highest BCUT2D eigenvalue weighted by molar-refractivity contribution is 5.70. The van der Waals surface area contributed by atoms with Gasteiger partial charge >= 0.3 is 12.1 Å². The lowest BCUT2D eigenvalue weighted by atomic mass is 9.69. The fraction of sp³-hybridized carbons (Fsp3) is 0.867. The molecule has 1 amide bonds. The number of hydrogen-bond donors (Lipinski definition) is 1. The lowest BCUT2D eigenvalue weighted by Gasteiger charge is -2.36. The average molecular weight is 283 g/mol. The van der Waals surface area contributed by atoms with Crippen molar-refractivity contribution in [3.8, 4) is 0 Å². The SMILES string of the molecule is CC(C)(C)OC(=O)N1CC[C@@]2(CCC[C@@H](C(=O)O)C2)C1. The van der Waals surface area contributed by atoms with Crippen LogP contribution in [0.3, 0.4) is 0 Å². The lowest BCUT2D eigenvalue weighted by Crippen LogP contribution is -2.39. The molecule has 2 rings (SSSR count). The Morgan fingerprint density at radius 3 is 2.60 bits per heavy atom. The second-order valence-electron chi connectivity index (χ2n) is 7.28. The van der Waals surface area contributed by atoms with E-state index in [0.717, 1.165) is 25.7 Å². The van der Waals surface area contributed by atoms with Gasteiger partial charge < -0.3 is 14.7 Å². The monoisotopic (exact) mass is 283 g/mol. The van der Waals surface area contributed by atoms with Crippen molar-refractivity contribution in [1.82, 2.24) is 4.90 Å². The summed E-state index contributed by atoms with van der Waals surface area (Å²) < 4.78 is 5.40. The minimum Gasteiger partial charge on any atom is -0.481 e. The van der Waals surface area contributed by atoms with Crippen LogP contribution in [0.25, 0.3) is 0 Å². The average Bonchev–Trinajstić information content (AvgIpc) is 2.71. The first kappa shape index (κ1) is 15.1. The molecule has 0 aromatic carbocycles. The van der Waals surface area contributed by atoms with Crippen LogP contribution in [0, 0.1) is 11.3 Å². The van der Waals surface area contributed by atoms with Gasteiger partial charge in [-0.25, -0.2) is 4.79 Å². The lowest BCUT2D eigenvalue weighted by molar-refractivity contribution is -0.144. The molecule has 2 aliphatic rings. The number of likely N-dealkylation sites (tertiary alicyclic amines) is 1. The zero-order valence-corrected chi connectivity index (χ0v) is 12.6. The van der Waals surface area contributed by atoms with E-state index < -0.39 is 11.6 Å². The van der Waals surface area contributed by atoms with Gasteiger partial charge in [0.05, 0.1) is 5.92 Å². The fourth-order valence-electron chi connectivity index (χ4n) is 3.45. The Morgan fingerprint density at radius 2 is 2.00 bits per heavy atom. The minimum absolute atomic E-state index is 0.00177. The molecule has 0 aromatic heterocycles. The van der Waals surface area contributed by atoms with E-state index >= 15 is 0 Å². The van der Waals surface area contributed by atoms with Crippen molar-refractivity contribution >= 4 is 12.1 Å². The molecular formula is C15H25NO4. The van der Waals surface area contributed by atoms with Crippen LogP contribution >= 0.6 is 0 Å². The van der Waals surface area contributed by atoms with Crippen molar-refractivity contribution in [1.29, 1.82) is 0 Å². The predicted octanol–water partition coefficient (Wildman–Crippen LogP) is 2.89. The van der Waals surface area contributed by atoms with E-state index in [4.69, 9.17) is 4.74 Å². The molecule has 0 aromatic rings. The van der Waals surface area contributed by atoms with Gasteiger partial charge in [-0.2, -0.15) is 0 Å². The quantitative estimate of drug-likeness (QED) is 0.803. The first-order valence-corrected chi connectivity index (χ1v) is 7.42. The van der Waals surface area contributed by atoms with Crippen molar-refractivity contribution in [2.24, 2.45) is 11.3 Å². The van der Waals surface area contributed by atoms with Crippen molar-refractivity contribution in [3.63, 3.8) is 0 Å². The van der Waals surface area contributed by atoms with Crippen LogP contribution in [0.5, 0.6) is 0 Å². The Labute approximate surface area is 120 Å². The Balaban J connectivity index is 1.97. The molecule has 20 heavy (non-hydrogen) atoms. The van der Waals surface area contributed by atoms with Gasteiger partial charge in [-0.3, -0.25) is 4.79 Å². The minimum atomic E-state index is -0.695. The van der Waals surface area contributed by atoms with Crippen LogP contribution < -0.4 is 0 Å². The maximum Gasteiger partial charge on any atom is 0.410 e. The van der Waals surface area contributed by atoms with Crippen LogP contribution in [-0.4, -0.2) is 40.8 Å². The number of carboxylic acids is 1. The number of rotatable bonds is 1. The summed E-state index contributed by atoms with van der Waals surface area (Å²) in [5, 5.41) is 9.20. The highest BCUT2D eigenvalue weighted by atomic mass is 16.6. The van der Waals surface area contributed by atoms with E-state index in [0.29, 0.717) is 19.5 Å². The van der Waals surface area contributed by atoms with E-state index in [2.05, 4.69) is 0 Å². The van der Waals surface area contributed by atoms with Crippen molar-refractivity contribution in [2.75, 3.05) is 13.1 Å². The molecule has 1 aliphatic carbocycles. The Bertz CT molecular complexity index is 401. The summed E-state index contributed by atoms with van der Waals surface area (Å²) in [6, 6.07) is 0. The van der Waals surface area contributed by atoms with Gasteiger partial charge in [0, 0.05) is 13.1 Å². The maximum atomic E-state index is 12.1. The number of ether oxygens (including phenoxy) is 1. The zero-order valence-electron chi connectivity index (χ0n) is 12.6. The van der Waals surface area contributed by atoms with Crippen molar-refractivity contribution in [3.05, 3.63) is 0 Å². The summed E-state index contributed by atoms with van der Waals surface area (Å²) >= 11 is 0. The number of amides is 1. The van der Waals surface area contributed by atoms with E-state index in [-0.39, 0.29) is 17.4 Å². The molecule has 5 nitrogen and oxygen atoms in total. The smallest absolute Gasteiger partial charge is 0.410 e. The van der Waals surface area contributed by atoms with Gasteiger partial charge in [0.2, 0.25) is 0 Å². The molecule has 5 heteroatoms. The summed E-state index contributed by atoms with van der Waals surface area (Å²) in [7, 11) is 0. The number of hydrogen-bond acceptors (Lipinski definition) is 3. The summed E-state index contributed by atoms with van der Waals surface area (Å²) in [5.74, 6) is -0.942. The Kier molecular flexibility index (Phi) is 3.98. The van der Waals surface area contributed by atoms with Crippen LogP contribution in [0.4, 0.5) is 4.79 Å². The second-order valence-corrected chi connectivity index (χ2v) is 7.28. The number of carboxylic acid groups (broad SMARTS) is 1. The first-order chi connectivity index (χ1) is 9.21. The van der Waals surface area contributed by atoms with Crippen molar-refractivity contribution in [2.45, 2.75) is 58.5 Å². The topological polar surface area (TPSA) is 66.8 Å². The second kappa shape index (κ2) is 5.26. The maximum absolute atomic E-state index is 12.1. The Hall–Kier alpha value is -1.26. The van der Waals surface area contributed by atoms with Gasteiger partial charge in [0.25, 0.3) is 0 Å². The first-order valence-electron chi connectivity index (χ1n) is 7.42. The third-order valence-electron chi connectivity index (χ3n) is 4.38. The molecule has 1 saturated carbocycles. The Morgan fingerprint density at radius 1 is 1.30 bits per heavy atom. The number of carbonyl (C=O) groups is 2. The molecule has 0 bridgehead atoms. The molecule has 1 aliphatic heterocycles. The van der Waals surface area contributed by atoms with E-state index in [1.165, 1.54) is 0 Å². The van der Waals surface area contributed by atoms with Gasteiger partial charge in [0.1, 0.15) is 5.60 Å². The summed E-state index contributed by atoms with van der Waals surface area (Å²) in [5.41, 5.74) is -0.485. The number of carbonyl (C=O) groups excluding carboxylic acids is 1. The largest absolute Gasteiger partial charge is 0.481 e. The molecule has 1 saturated heterocycles. The van der Waals surface area contributed by atoms with E-state index in [1.807, 2.05) is 20.8 Å². The standard InChI is InChI=1S/C15H25NO4/c1-14(2,3)20-13(19)16-8-7-15(10-16)6-4-5-11(9-15)12(17)18/h11H,4-10H2,1-3H3,(H,17,18)/t11-,15-/m1/s1. The number of aliphatic carboxylic acids is 1. The molecule has 1 spiro atoms. The van der Waals surface area contributed by atoms with E-state index in [1.54, 1.807) is 4.90 Å². The van der Waals surface area contributed by atoms with Gasteiger partial charge in [0.15, 0.2) is 0 Å². The van der Waals surface area contributed by atoms with E-state index in [9.17, 15) is 14.7 Å². The van der Waals surface area contributed by atoms with Gasteiger partial charge in [-0.05, 0) is 51.9 Å². The predicted molar refractivity (Wildman–Crippen MR) is 74.5 cm³/mol. The highest BCUT2D eigenvalue weighted by Crippen LogP contribution is 2.46. The van der Waals surface area contributed by atoms with Gasteiger partial charge in [-0.1, -0.05) is 6.42 Å². The highest BCUT2D eigenvalue weighted by Gasteiger charge is 2.45. The molecular weight excluding hydrogens is 258 g/mol. The molecule has 2 fully saturated rings. The third kappa shape index (κ3) is 3.44.